The van der Waals surface area contributed by atoms with Crippen LogP contribution in [0.4, 0.5) is 0 Å². The van der Waals surface area contributed by atoms with Gasteiger partial charge in [-0.2, -0.15) is 0 Å². The van der Waals surface area contributed by atoms with Gasteiger partial charge in [-0.25, -0.2) is 0 Å². The van der Waals surface area contributed by atoms with Crippen molar-refractivity contribution in [2.24, 2.45) is 0 Å². The van der Waals surface area contributed by atoms with E-state index < -0.39 is 0 Å². The third-order valence-electron chi connectivity index (χ3n) is 3.92. The molecule has 0 bridgehead atoms. The van der Waals surface area contributed by atoms with E-state index in [9.17, 15) is 5.11 Å². The van der Waals surface area contributed by atoms with Crippen molar-refractivity contribution in [1.29, 1.82) is 0 Å². The van der Waals surface area contributed by atoms with E-state index in [-0.39, 0.29) is 12.2 Å². The second kappa shape index (κ2) is 8.16. The molecule has 0 aromatic heterocycles. The van der Waals surface area contributed by atoms with Gasteiger partial charge in [0.2, 0.25) is 0 Å². The summed E-state index contributed by atoms with van der Waals surface area (Å²) in [6, 6.07) is 6.52. The highest BCUT2D eigenvalue weighted by Gasteiger charge is 2.24. The van der Waals surface area contributed by atoms with Gasteiger partial charge in [0.1, 0.15) is 11.9 Å². The molecule has 2 unspecified atom stereocenters. The SMILES string of the molecule is CC(C)NCc1cc(Br)ccc1OC1CCCCCC1O. The van der Waals surface area contributed by atoms with Gasteiger partial charge < -0.3 is 15.2 Å². The molecule has 0 aliphatic heterocycles. The zero-order valence-corrected chi connectivity index (χ0v) is 14.5. The van der Waals surface area contributed by atoms with Crippen LogP contribution in [0.1, 0.15) is 51.5 Å². The lowest BCUT2D eigenvalue weighted by Crippen LogP contribution is -2.31. The highest BCUT2D eigenvalue weighted by Crippen LogP contribution is 2.28. The van der Waals surface area contributed by atoms with Crippen LogP contribution in [-0.2, 0) is 6.54 Å². The van der Waals surface area contributed by atoms with Gasteiger partial charge in [-0.1, -0.05) is 42.6 Å². The third-order valence-corrected chi connectivity index (χ3v) is 4.41. The number of nitrogens with one attached hydrogen (secondary N) is 1. The fourth-order valence-corrected chi connectivity index (χ4v) is 3.08. The lowest BCUT2D eigenvalue weighted by atomic mass is 10.1. The molecule has 118 valence electrons. The fraction of sp³-hybridized carbons (Fsp3) is 0.647. The van der Waals surface area contributed by atoms with Crippen molar-refractivity contribution in [3.8, 4) is 5.75 Å². The summed E-state index contributed by atoms with van der Waals surface area (Å²) < 4.78 is 7.21. The minimum absolute atomic E-state index is 0.0773. The molecule has 1 aliphatic rings. The van der Waals surface area contributed by atoms with E-state index in [4.69, 9.17) is 4.74 Å². The van der Waals surface area contributed by atoms with Gasteiger partial charge >= 0.3 is 0 Å². The first-order valence-corrected chi connectivity index (χ1v) is 8.72. The second-order valence-electron chi connectivity index (χ2n) is 6.15. The van der Waals surface area contributed by atoms with Crippen molar-refractivity contribution in [2.45, 2.75) is 70.7 Å². The molecule has 1 aliphatic carbocycles. The van der Waals surface area contributed by atoms with Crippen molar-refractivity contribution in [2.75, 3.05) is 0 Å². The summed E-state index contributed by atoms with van der Waals surface area (Å²) in [7, 11) is 0. The smallest absolute Gasteiger partial charge is 0.124 e. The van der Waals surface area contributed by atoms with Crippen molar-refractivity contribution < 1.29 is 9.84 Å². The number of ether oxygens (including phenoxy) is 1. The summed E-state index contributed by atoms with van der Waals surface area (Å²) in [4.78, 5) is 0. The van der Waals surface area contributed by atoms with Crippen LogP contribution < -0.4 is 10.1 Å². The normalized spacial score (nSPS) is 23.1. The fourth-order valence-electron chi connectivity index (χ4n) is 2.67. The zero-order chi connectivity index (χ0) is 15.2. The maximum Gasteiger partial charge on any atom is 0.124 e. The van der Waals surface area contributed by atoms with Gasteiger partial charge in [0.15, 0.2) is 0 Å². The molecule has 0 spiro atoms. The Balaban J connectivity index is 2.10. The summed E-state index contributed by atoms with van der Waals surface area (Å²) in [5.74, 6) is 0.886. The molecule has 2 atom stereocenters. The maximum atomic E-state index is 10.2. The highest BCUT2D eigenvalue weighted by molar-refractivity contribution is 9.10. The molecular formula is C17H26BrNO2. The first kappa shape index (κ1) is 16.8. The Morgan fingerprint density at radius 1 is 1.29 bits per heavy atom. The minimum atomic E-state index is -0.345. The predicted octanol–water partition coefficient (Wildman–Crippen LogP) is 4.02. The Morgan fingerprint density at radius 2 is 2.05 bits per heavy atom. The molecule has 3 nitrogen and oxygen atoms in total. The van der Waals surface area contributed by atoms with Crippen LogP contribution in [0, 0.1) is 0 Å². The quantitative estimate of drug-likeness (QED) is 0.783. The van der Waals surface area contributed by atoms with Crippen LogP contribution in [0.5, 0.6) is 5.75 Å². The van der Waals surface area contributed by atoms with Gasteiger partial charge in [-0.15, -0.1) is 0 Å². The van der Waals surface area contributed by atoms with E-state index in [2.05, 4.69) is 41.2 Å². The Kier molecular flexibility index (Phi) is 6.52. The second-order valence-corrected chi connectivity index (χ2v) is 7.06. The lowest BCUT2D eigenvalue weighted by molar-refractivity contribution is 0.0313. The lowest BCUT2D eigenvalue weighted by Gasteiger charge is -2.24. The van der Waals surface area contributed by atoms with Crippen LogP contribution in [0.25, 0.3) is 0 Å². The monoisotopic (exact) mass is 355 g/mol. The summed E-state index contributed by atoms with van der Waals surface area (Å²) in [6.45, 7) is 5.04. The van der Waals surface area contributed by atoms with Gasteiger partial charge in [-0.3, -0.25) is 0 Å². The highest BCUT2D eigenvalue weighted by atomic mass is 79.9. The molecule has 0 radical (unpaired) electrons. The van der Waals surface area contributed by atoms with E-state index in [0.717, 1.165) is 48.0 Å². The Bertz CT molecular complexity index is 450. The summed E-state index contributed by atoms with van der Waals surface area (Å²) in [5, 5.41) is 13.7. The average Bonchev–Trinajstić information content (AvgIpc) is 2.64. The number of hydrogen-bond donors (Lipinski definition) is 2. The van der Waals surface area contributed by atoms with E-state index in [0.29, 0.717) is 6.04 Å². The molecule has 0 amide bonds. The molecule has 1 aromatic carbocycles. The maximum absolute atomic E-state index is 10.2. The number of aliphatic hydroxyl groups excluding tert-OH is 1. The summed E-state index contributed by atoms with van der Waals surface area (Å²) in [5.41, 5.74) is 1.13. The average molecular weight is 356 g/mol. The van der Waals surface area contributed by atoms with Crippen molar-refractivity contribution in [1.82, 2.24) is 5.32 Å². The van der Waals surface area contributed by atoms with E-state index in [1.807, 2.05) is 12.1 Å². The summed E-state index contributed by atoms with van der Waals surface area (Å²) in [6.07, 6.45) is 4.79. The molecular weight excluding hydrogens is 330 g/mol. The topological polar surface area (TPSA) is 41.5 Å². The first-order valence-electron chi connectivity index (χ1n) is 7.93. The van der Waals surface area contributed by atoms with Crippen LogP contribution in [0.15, 0.2) is 22.7 Å². The number of aliphatic hydroxyl groups is 1. The van der Waals surface area contributed by atoms with Gasteiger partial charge in [-0.05, 0) is 37.5 Å². The standard InChI is InChI=1S/C17H26BrNO2/c1-12(2)19-11-13-10-14(18)8-9-16(13)21-17-7-5-3-4-6-15(17)20/h8-10,12,15,17,19-20H,3-7,11H2,1-2H3. The minimum Gasteiger partial charge on any atom is -0.487 e. The molecule has 21 heavy (non-hydrogen) atoms. The molecule has 4 heteroatoms. The van der Waals surface area contributed by atoms with Crippen LogP contribution in [0.3, 0.4) is 0 Å². The molecule has 2 N–H and O–H groups in total. The number of benzene rings is 1. The molecule has 1 saturated carbocycles. The molecule has 1 fully saturated rings. The number of rotatable bonds is 5. The zero-order valence-electron chi connectivity index (χ0n) is 12.9. The van der Waals surface area contributed by atoms with Crippen LogP contribution >= 0.6 is 15.9 Å². The molecule has 2 rings (SSSR count). The Labute approximate surface area is 136 Å². The number of halogens is 1. The Morgan fingerprint density at radius 3 is 2.81 bits per heavy atom. The van der Waals surface area contributed by atoms with Gasteiger partial charge in [0.25, 0.3) is 0 Å². The largest absolute Gasteiger partial charge is 0.487 e. The molecule has 0 saturated heterocycles. The van der Waals surface area contributed by atoms with E-state index in [1.54, 1.807) is 0 Å². The third kappa shape index (κ3) is 5.28. The molecule has 0 heterocycles. The van der Waals surface area contributed by atoms with Gasteiger partial charge in [0, 0.05) is 22.6 Å². The van der Waals surface area contributed by atoms with Gasteiger partial charge in [0.05, 0.1) is 6.10 Å². The van der Waals surface area contributed by atoms with E-state index >= 15 is 0 Å². The van der Waals surface area contributed by atoms with E-state index in [1.165, 1.54) is 6.42 Å². The van der Waals surface area contributed by atoms with Crippen molar-refractivity contribution >= 4 is 15.9 Å². The number of hydrogen-bond acceptors (Lipinski definition) is 3. The first-order chi connectivity index (χ1) is 10.1. The van der Waals surface area contributed by atoms with Crippen molar-refractivity contribution in [3.05, 3.63) is 28.2 Å². The summed E-state index contributed by atoms with van der Waals surface area (Å²) >= 11 is 3.52. The van der Waals surface area contributed by atoms with Crippen LogP contribution in [0.2, 0.25) is 0 Å². The van der Waals surface area contributed by atoms with Crippen molar-refractivity contribution in [3.63, 3.8) is 0 Å². The Hall–Kier alpha value is -0.580. The predicted molar refractivity (Wildman–Crippen MR) is 89.6 cm³/mol. The van der Waals surface area contributed by atoms with Crippen LogP contribution in [-0.4, -0.2) is 23.4 Å². The molecule has 1 aromatic rings.